The van der Waals surface area contributed by atoms with Crippen molar-refractivity contribution in [3.05, 3.63) is 23.0 Å². The molecule has 0 spiro atoms. The lowest BCUT2D eigenvalue weighted by atomic mass is 10.1. The molecule has 2 unspecified atom stereocenters. The van der Waals surface area contributed by atoms with Gasteiger partial charge < -0.3 is 19.0 Å². The number of aromatic nitrogens is 2. The first-order chi connectivity index (χ1) is 9.72. The lowest BCUT2D eigenvalue weighted by Gasteiger charge is -2.21. The van der Waals surface area contributed by atoms with Gasteiger partial charge in [0.1, 0.15) is 11.3 Å². The average molecular weight is 292 g/mol. The number of nitrogens with one attached hydrogen (secondary N) is 1. The van der Waals surface area contributed by atoms with E-state index in [-0.39, 0.29) is 12.1 Å². The second kappa shape index (κ2) is 5.58. The lowest BCUT2D eigenvalue weighted by molar-refractivity contribution is 0.0741. The minimum atomic E-state index is 0.232. The minimum absolute atomic E-state index is 0.232. The van der Waals surface area contributed by atoms with Crippen molar-refractivity contribution in [2.24, 2.45) is 0 Å². The number of benzene rings is 1. The molecule has 1 fully saturated rings. The Balaban J connectivity index is 2.08. The summed E-state index contributed by atoms with van der Waals surface area (Å²) in [6.45, 7) is 5.66. The van der Waals surface area contributed by atoms with Gasteiger partial charge in [0.15, 0.2) is 4.77 Å². The van der Waals surface area contributed by atoms with E-state index in [2.05, 4.69) is 22.5 Å². The van der Waals surface area contributed by atoms with Gasteiger partial charge in [0.25, 0.3) is 0 Å². The molecule has 0 bridgehead atoms. The van der Waals surface area contributed by atoms with E-state index < -0.39 is 0 Å². The highest BCUT2D eigenvalue weighted by atomic mass is 32.1. The van der Waals surface area contributed by atoms with Crippen LogP contribution in [0.15, 0.2) is 18.2 Å². The van der Waals surface area contributed by atoms with Crippen molar-refractivity contribution in [3.63, 3.8) is 0 Å². The number of rotatable bonds is 4. The first-order valence-corrected chi connectivity index (χ1v) is 7.61. The van der Waals surface area contributed by atoms with Gasteiger partial charge in [-0.3, -0.25) is 0 Å². The number of imidazole rings is 1. The number of hydrogen-bond donors (Lipinski definition) is 1. The quantitative estimate of drug-likeness (QED) is 0.870. The summed E-state index contributed by atoms with van der Waals surface area (Å²) in [7, 11) is 0. The topological polar surface area (TPSA) is 39.2 Å². The highest BCUT2D eigenvalue weighted by molar-refractivity contribution is 7.71. The van der Waals surface area contributed by atoms with Gasteiger partial charge in [0, 0.05) is 6.61 Å². The summed E-state index contributed by atoms with van der Waals surface area (Å²) in [5, 5.41) is 0. The molecular weight excluding hydrogens is 272 g/mol. The highest BCUT2D eigenvalue weighted by Gasteiger charge is 2.25. The Morgan fingerprint density at radius 3 is 3.10 bits per heavy atom. The number of aromatic amines is 1. The second-order valence-electron chi connectivity index (χ2n) is 5.18. The van der Waals surface area contributed by atoms with E-state index in [1.54, 1.807) is 0 Å². The fourth-order valence-corrected chi connectivity index (χ4v) is 3.32. The lowest BCUT2D eigenvalue weighted by Crippen LogP contribution is -2.20. The Bertz CT molecular complexity index is 655. The molecule has 1 aromatic carbocycles. The molecule has 2 aromatic rings. The van der Waals surface area contributed by atoms with Crippen molar-refractivity contribution in [1.29, 1.82) is 0 Å². The van der Waals surface area contributed by atoms with Gasteiger partial charge in [-0.1, -0.05) is 6.07 Å². The molecule has 1 aromatic heterocycles. The first kappa shape index (κ1) is 13.6. The Kier molecular flexibility index (Phi) is 3.81. The van der Waals surface area contributed by atoms with Crippen LogP contribution in [-0.2, 0) is 4.74 Å². The number of fused-ring (bicyclic) bond motifs is 1. The van der Waals surface area contributed by atoms with Crippen LogP contribution in [0.2, 0.25) is 0 Å². The smallest absolute Gasteiger partial charge is 0.178 e. The number of ether oxygens (including phenoxy) is 2. The second-order valence-corrected chi connectivity index (χ2v) is 5.56. The molecule has 1 aliphatic rings. The molecule has 3 rings (SSSR count). The standard InChI is InChI=1S/C15H20N2O2S/c1-3-18-13-7-4-6-11-14(13)16-15(20)17(11)10(2)12-8-5-9-19-12/h4,6-7,10,12H,3,5,8-9H2,1-2H3,(H,16,20). The SMILES string of the molecule is CCOc1cccc2c1[nH]c(=S)n2C(C)C1CCCO1. The molecule has 4 nitrogen and oxygen atoms in total. The van der Waals surface area contributed by atoms with E-state index in [0.29, 0.717) is 6.61 Å². The van der Waals surface area contributed by atoms with Crippen LogP contribution in [0, 0.1) is 4.77 Å². The summed E-state index contributed by atoms with van der Waals surface area (Å²) in [5.41, 5.74) is 2.06. The number of H-pyrrole nitrogens is 1. The van der Waals surface area contributed by atoms with Crippen LogP contribution in [-0.4, -0.2) is 28.9 Å². The maximum absolute atomic E-state index is 5.81. The molecule has 5 heteroatoms. The van der Waals surface area contributed by atoms with Crippen LogP contribution in [0.1, 0.15) is 32.7 Å². The van der Waals surface area contributed by atoms with Crippen molar-refractivity contribution in [1.82, 2.24) is 9.55 Å². The predicted octanol–water partition coefficient (Wildman–Crippen LogP) is 3.84. The zero-order valence-corrected chi connectivity index (χ0v) is 12.7. The molecule has 2 atom stereocenters. The van der Waals surface area contributed by atoms with Crippen molar-refractivity contribution in [2.45, 2.75) is 38.8 Å². The maximum atomic E-state index is 5.81. The first-order valence-electron chi connectivity index (χ1n) is 7.20. The number of para-hydroxylation sites is 1. The van der Waals surface area contributed by atoms with Crippen LogP contribution in [0.3, 0.4) is 0 Å². The molecule has 0 saturated carbocycles. The predicted molar refractivity (Wildman–Crippen MR) is 82.0 cm³/mol. The van der Waals surface area contributed by atoms with Crippen LogP contribution < -0.4 is 4.74 Å². The summed E-state index contributed by atoms with van der Waals surface area (Å²) in [6.07, 6.45) is 2.48. The van der Waals surface area contributed by atoms with Crippen molar-refractivity contribution < 1.29 is 9.47 Å². The van der Waals surface area contributed by atoms with E-state index >= 15 is 0 Å². The third-order valence-electron chi connectivity index (χ3n) is 3.92. The van der Waals surface area contributed by atoms with Crippen LogP contribution in [0.25, 0.3) is 11.0 Å². The van der Waals surface area contributed by atoms with Crippen molar-refractivity contribution >= 4 is 23.3 Å². The van der Waals surface area contributed by atoms with E-state index in [1.807, 2.05) is 19.1 Å². The maximum Gasteiger partial charge on any atom is 0.178 e. The van der Waals surface area contributed by atoms with Crippen LogP contribution in [0.5, 0.6) is 5.75 Å². The molecule has 0 amide bonds. The van der Waals surface area contributed by atoms with Gasteiger partial charge in [-0.2, -0.15) is 0 Å². The molecule has 1 saturated heterocycles. The van der Waals surface area contributed by atoms with Gasteiger partial charge in [-0.25, -0.2) is 0 Å². The molecule has 1 aliphatic heterocycles. The van der Waals surface area contributed by atoms with Crippen LogP contribution >= 0.6 is 12.2 Å². The van der Waals surface area contributed by atoms with Crippen molar-refractivity contribution in [3.8, 4) is 5.75 Å². The van der Waals surface area contributed by atoms with E-state index in [9.17, 15) is 0 Å². The van der Waals surface area contributed by atoms with Gasteiger partial charge in [-0.05, 0) is 51.0 Å². The van der Waals surface area contributed by atoms with Crippen LogP contribution in [0.4, 0.5) is 0 Å². The fraction of sp³-hybridized carbons (Fsp3) is 0.533. The monoisotopic (exact) mass is 292 g/mol. The molecule has 0 aliphatic carbocycles. The number of nitrogens with zero attached hydrogens (tertiary/aromatic N) is 1. The fourth-order valence-electron chi connectivity index (χ4n) is 2.95. The molecule has 0 radical (unpaired) electrons. The summed E-state index contributed by atoms with van der Waals surface area (Å²) in [5.74, 6) is 0.856. The molecule has 108 valence electrons. The molecular formula is C15H20N2O2S. The zero-order valence-electron chi connectivity index (χ0n) is 11.9. The minimum Gasteiger partial charge on any atom is -0.492 e. The Morgan fingerprint density at radius 1 is 1.55 bits per heavy atom. The summed E-state index contributed by atoms with van der Waals surface area (Å²) < 4.78 is 14.4. The van der Waals surface area contributed by atoms with Gasteiger partial charge in [0.2, 0.25) is 0 Å². The molecule has 1 N–H and O–H groups in total. The molecule has 20 heavy (non-hydrogen) atoms. The Morgan fingerprint density at radius 2 is 2.40 bits per heavy atom. The summed E-state index contributed by atoms with van der Waals surface area (Å²) in [4.78, 5) is 3.28. The summed E-state index contributed by atoms with van der Waals surface area (Å²) >= 11 is 5.50. The highest BCUT2D eigenvalue weighted by Crippen LogP contribution is 2.31. The summed E-state index contributed by atoms with van der Waals surface area (Å²) in [6, 6.07) is 6.29. The molecule has 2 heterocycles. The van der Waals surface area contributed by atoms with E-state index in [4.69, 9.17) is 21.7 Å². The normalized spacial score (nSPS) is 20.4. The van der Waals surface area contributed by atoms with Crippen molar-refractivity contribution in [2.75, 3.05) is 13.2 Å². The zero-order chi connectivity index (χ0) is 14.1. The average Bonchev–Trinajstić information content (AvgIpc) is 3.06. The van der Waals surface area contributed by atoms with Gasteiger partial charge in [-0.15, -0.1) is 0 Å². The third-order valence-corrected chi connectivity index (χ3v) is 4.22. The third kappa shape index (κ3) is 2.25. The van der Waals surface area contributed by atoms with E-state index in [1.165, 1.54) is 0 Å². The van der Waals surface area contributed by atoms with Gasteiger partial charge in [0.05, 0.1) is 24.3 Å². The van der Waals surface area contributed by atoms with E-state index in [0.717, 1.165) is 41.0 Å². The van der Waals surface area contributed by atoms with Gasteiger partial charge >= 0.3 is 0 Å². The number of hydrogen-bond acceptors (Lipinski definition) is 3. The Hall–Kier alpha value is -1.33. The Labute approximate surface area is 123 Å². The largest absolute Gasteiger partial charge is 0.492 e.